The maximum atomic E-state index is 13.1. The Bertz CT molecular complexity index is 986. The molecule has 0 aliphatic rings. The van der Waals surface area contributed by atoms with Crippen LogP contribution in [0.3, 0.4) is 0 Å². The van der Waals surface area contributed by atoms with Gasteiger partial charge in [0.25, 0.3) is 0 Å². The molecule has 3 rings (SSSR count). The smallest absolute Gasteiger partial charge is 0.228 e. The van der Waals surface area contributed by atoms with Crippen molar-refractivity contribution in [2.75, 3.05) is 36.8 Å². The molecule has 0 unspecified atom stereocenters. The number of thiazole rings is 1. The van der Waals surface area contributed by atoms with Crippen LogP contribution in [0.15, 0.2) is 47.4 Å². The van der Waals surface area contributed by atoms with E-state index in [4.69, 9.17) is 4.98 Å². The van der Waals surface area contributed by atoms with Gasteiger partial charge in [-0.15, -0.1) is 11.8 Å². The predicted molar refractivity (Wildman–Crippen MR) is 131 cm³/mol. The lowest BCUT2D eigenvalue weighted by molar-refractivity contribution is -0.118. The van der Waals surface area contributed by atoms with Crippen LogP contribution in [0.25, 0.3) is 10.2 Å². The maximum Gasteiger partial charge on any atom is 0.228 e. The number of rotatable bonds is 11. The van der Waals surface area contributed by atoms with Gasteiger partial charge in [-0.1, -0.05) is 31.3 Å². The lowest BCUT2D eigenvalue weighted by Gasteiger charge is -2.24. The van der Waals surface area contributed by atoms with Crippen molar-refractivity contribution in [2.24, 2.45) is 0 Å². The first-order valence-corrected chi connectivity index (χ1v) is 12.6. The van der Waals surface area contributed by atoms with Crippen molar-refractivity contribution in [1.29, 1.82) is 0 Å². The average Bonchev–Trinajstić information content (AvgIpc) is 3.18. The number of hydrogen-bond donors (Lipinski definition) is 0. The fourth-order valence-electron chi connectivity index (χ4n) is 3.32. The molecule has 0 saturated heterocycles. The zero-order valence-corrected chi connectivity index (χ0v) is 20.1. The highest BCUT2D eigenvalue weighted by molar-refractivity contribution is 7.99. The van der Waals surface area contributed by atoms with Crippen LogP contribution in [0.5, 0.6) is 0 Å². The van der Waals surface area contributed by atoms with E-state index in [1.807, 2.05) is 11.0 Å². The number of nitrogens with zero attached hydrogens (tertiary/aromatic N) is 3. The summed E-state index contributed by atoms with van der Waals surface area (Å²) in [5.41, 5.74) is 2.14. The molecule has 0 spiro atoms. The SMILES string of the molecule is CCN(CC)CCN(C(=O)CCCSc1ccc(F)cc1)c1nc2ccc(C)cc2s1. The Labute approximate surface area is 192 Å². The van der Waals surface area contributed by atoms with Gasteiger partial charge in [0.2, 0.25) is 5.91 Å². The summed E-state index contributed by atoms with van der Waals surface area (Å²) in [6, 6.07) is 12.7. The fourth-order valence-corrected chi connectivity index (χ4v) is 5.28. The lowest BCUT2D eigenvalue weighted by Crippen LogP contribution is -2.38. The quantitative estimate of drug-likeness (QED) is 0.261. The molecule has 0 saturated carbocycles. The van der Waals surface area contributed by atoms with Gasteiger partial charge in [0.1, 0.15) is 5.82 Å². The summed E-state index contributed by atoms with van der Waals surface area (Å²) >= 11 is 3.24. The van der Waals surface area contributed by atoms with Gasteiger partial charge >= 0.3 is 0 Å². The molecule has 1 heterocycles. The van der Waals surface area contributed by atoms with E-state index in [0.717, 1.165) is 52.1 Å². The van der Waals surface area contributed by atoms with Crippen LogP contribution in [-0.4, -0.2) is 47.7 Å². The number of fused-ring (bicyclic) bond motifs is 1. The molecule has 0 aliphatic heterocycles. The molecular weight excluding hydrogens is 429 g/mol. The first-order chi connectivity index (χ1) is 15.0. The van der Waals surface area contributed by atoms with E-state index < -0.39 is 0 Å². The average molecular weight is 460 g/mol. The molecule has 7 heteroatoms. The van der Waals surface area contributed by atoms with Crippen LogP contribution >= 0.6 is 23.1 Å². The summed E-state index contributed by atoms with van der Waals surface area (Å²) in [4.78, 5) is 23.1. The molecule has 166 valence electrons. The number of benzene rings is 2. The highest BCUT2D eigenvalue weighted by atomic mass is 32.2. The second-order valence-electron chi connectivity index (χ2n) is 7.45. The summed E-state index contributed by atoms with van der Waals surface area (Å²) in [5, 5.41) is 0.781. The molecule has 0 fully saturated rings. The standard InChI is InChI=1S/C24H30FN3OS2/c1-4-27(5-2)14-15-28(24-26-21-13-8-18(3)17-22(21)31-24)23(29)7-6-16-30-20-11-9-19(25)10-12-20/h8-13,17H,4-7,14-16H2,1-3H3. The highest BCUT2D eigenvalue weighted by Crippen LogP contribution is 2.30. The Morgan fingerprint density at radius 1 is 1.10 bits per heavy atom. The predicted octanol–water partition coefficient (Wildman–Crippen LogP) is 5.99. The maximum absolute atomic E-state index is 13.1. The third-order valence-electron chi connectivity index (χ3n) is 5.22. The third kappa shape index (κ3) is 6.76. The van der Waals surface area contributed by atoms with E-state index in [0.29, 0.717) is 13.0 Å². The van der Waals surface area contributed by atoms with E-state index in [1.165, 1.54) is 17.7 Å². The highest BCUT2D eigenvalue weighted by Gasteiger charge is 2.20. The number of aromatic nitrogens is 1. The summed E-state index contributed by atoms with van der Waals surface area (Å²) in [6.07, 6.45) is 1.24. The Balaban J connectivity index is 1.65. The van der Waals surface area contributed by atoms with E-state index in [2.05, 4.69) is 37.8 Å². The number of carbonyl (C=O) groups excluding carboxylic acids is 1. The first kappa shape index (κ1) is 23.7. The molecule has 31 heavy (non-hydrogen) atoms. The van der Waals surface area contributed by atoms with Gasteiger partial charge in [-0.2, -0.15) is 0 Å². The van der Waals surface area contributed by atoms with Crippen LogP contribution in [0.4, 0.5) is 9.52 Å². The van der Waals surface area contributed by atoms with Gasteiger partial charge in [-0.25, -0.2) is 9.37 Å². The van der Waals surface area contributed by atoms with Crippen LogP contribution < -0.4 is 4.90 Å². The van der Waals surface area contributed by atoms with Gasteiger partial charge in [0.15, 0.2) is 5.13 Å². The Morgan fingerprint density at radius 3 is 2.55 bits per heavy atom. The van der Waals surface area contributed by atoms with Gasteiger partial charge in [-0.05, 0) is 74.1 Å². The van der Waals surface area contributed by atoms with Gasteiger partial charge in [0.05, 0.1) is 10.2 Å². The normalized spacial score (nSPS) is 11.4. The minimum Gasteiger partial charge on any atom is -0.302 e. The van der Waals surface area contributed by atoms with Crippen LogP contribution in [0.2, 0.25) is 0 Å². The molecule has 2 aromatic carbocycles. The largest absolute Gasteiger partial charge is 0.302 e. The molecule has 3 aromatic rings. The van der Waals surface area contributed by atoms with Gasteiger partial charge in [-0.3, -0.25) is 9.69 Å². The number of likely N-dealkylation sites (N-methyl/N-ethyl adjacent to an activating group) is 1. The van der Waals surface area contributed by atoms with Gasteiger partial charge in [0, 0.05) is 24.4 Å². The van der Waals surface area contributed by atoms with E-state index >= 15 is 0 Å². The summed E-state index contributed by atoms with van der Waals surface area (Å²) in [7, 11) is 0. The number of aryl methyl sites for hydroxylation is 1. The second-order valence-corrected chi connectivity index (χ2v) is 9.62. The monoisotopic (exact) mass is 459 g/mol. The minimum absolute atomic E-state index is 0.114. The molecule has 0 bridgehead atoms. The zero-order chi connectivity index (χ0) is 22.2. The second kappa shape index (κ2) is 11.6. The molecule has 1 amide bonds. The van der Waals surface area contributed by atoms with Gasteiger partial charge < -0.3 is 4.90 Å². The topological polar surface area (TPSA) is 36.4 Å². The molecule has 1 aromatic heterocycles. The molecule has 4 nitrogen and oxygen atoms in total. The van der Waals surface area contributed by atoms with Crippen molar-refractivity contribution in [3.05, 3.63) is 53.8 Å². The van der Waals surface area contributed by atoms with Crippen LogP contribution in [0.1, 0.15) is 32.3 Å². The number of anilines is 1. The Morgan fingerprint density at radius 2 is 1.84 bits per heavy atom. The Hall–Kier alpha value is -1.96. The van der Waals surface area contributed by atoms with E-state index in [-0.39, 0.29) is 11.7 Å². The van der Waals surface area contributed by atoms with Crippen molar-refractivity contribution in [2.45, 2.75) is 38.5 Å². The number of carbonyl (C=O) groups is 1. The number of thioether (sulfide) groups is 1. The molecule has 0 radical (unpaired) electrons. The van der Waals surface area contributed by atoms with E-state index in [1.54, 1.807) is 35.2 Å². The summed E-state index contributed by atoms with van der Waals surface area (Å²) in [5.74, 6) is 0.706. The number of hydrogen-bond acceptors (Lipinski definition) is 5. The number of halogens is 1. The van der Waals surface area contributed by atoms with Crippen LogP contribution in [0, 0.1) is 12.7 Å². The zero-order valence-electron chi connectivity index (χ0n) is 18.4. The van der Waals surface area contributed by atoms with Crippen LogP contribution in [-0.2, 0) is 4.79 Å². The third-order valence-corrected chi connectivity index (χ3v) is 7.36. The fraction of sp³-hybridized carbons (Fsp3) is 0.417. The minimum atomic E-state index is -0.227. The molecule has 0 atom stereocenters. The Kier molecular flexibility index (Phi) is 8.87. The lowest BCUT2D eigenvalue weighted by atomic mass is 10.2. The van der Waals surface area contributed by atoms with Crippen molar-refractivity contribution in [1.82, 2.24) is 9.88 Å². The van der Waals surface area contributed by atoms with Crippen molar-refractivity contribution < 1.29 is 9.18 Å². The summed E-state index contributed by atoms with van der Waals surface area (Å²) < 4.78 is 14.2. The van der Waals surface area contributed by atoms with Crippen molar-refractivity contribution in [3.63, 3.8) is 0 Å². The summed E-state index contributed by atoms with van der Waals surface area (Å²) in [6.45, 7) is 9.76. The first-order valence-electron chi connectivity index (χ1n) is 10.8. The molecule has 0 aliphatic carbocycles. The number of amides is 1. The molecular formula is C24H30FN3OS2. The van der Waals surface area contributed by atoms with E-state index in [9.17, 15) is 9.18 Å². The molecule has 0 N–H and O–H groups in total. The van der Waals surface area contributed by atoms with Crippen molar-refractivity contribution in [3.8, 4) is 0 Å². The van der Waals surface area contributed by atoms with Crippen molar-refractivity contribution >= 4 is 44.4 Å².